The molecule has 0 aliphatic heterocycles. The van der Waals surface area contributed by atoms with Gasteiger partial charge in [0.2, 0.25) is 0 Å². The highest BCUT2D eigenvalue weighted by molar-refractivity contribution is 7.11. The van der Waals surface area contributed by atoms with Gasteiger partial charge in [-0.25, -0.2) is 14.8 Å². The summed E-state index contributed by atoms with van der Waals surface area (Å²) in [6.45, 7) is 5.79. The largest absolute Gasteiger partial charge is 0.488 e. The van der Waals surface area contributed by atoms with Gasteiger partial charge in [-0.1, -0.05) is 19.9 Å². The van der Waals surface area contributed by atoms with E-state index in [2.05, 4.69) is 21.4 Å². The lowest BCUT2D eigenvalue weighted by Gasteiger charge is -2.30. The molecule has 1 aromatic carbocycles. The van der Waals surface area contributed by atoms with E-state index >= 15 is 0 Å². The molecule has 34 heavy (non-hydrogen) atoms. The number of carbonyl (C=O) groups excluding carboxylic acids is 2. The number of aromatic nitrogens is 2. The summed E-state index contributed by atoms with van der Waals surface area (Å²) >= 11 is 1.23. The molecule has 0 radical (unpaired) electrons. The second kappa shape index (κ2) is 10.8. The van der Waals surface area contributed by atoms with Crippen LogP contribution in [0.1, 0.15) is 42.6 Å². The van der Waals surface area contributed by atoms with Gasteiger partial charge in [0.05, 0.1) is 5.56 Å². The lowest BCUT2D eigenvalue weighted by molar-refractivity contribution is -0.0186. The quantitative estimate of drug-likeness (QED) is 0.457. The van der Waals surface area contributed by atoms with Gasteiger partial charge in [-0.05, 0) is 54.7 Å². The summed E-state index contributed by atoms with van der Waals surface area (Å²) in [6, 6.07) is 10.8. The van der Waals surface area contributed by atoms with E-state index in [4.69, 9.17) is 15.2 Å². The highest BCUT2D eigenvalue weighted by Crippen LogP contribution is 2.29. The Hall–Kier alpha value is -3.97. The number of amides is 2. The number of pyridine rings is 1. The number of benzene rings is 1. The van der Waals surface area contributed by atoms with Gasteiger partial charge in [-0.3, -0.25) is 4.79 Å². The minimum absolute atomic E-state index is 0.0460. The van der Waals surface area contributed by atoms with Crippen molar-refractivity contribution in [3.8, 4) is 22.9 Å². The van der Waals surface area contributed by atoms with Crippen molar-refractivity contribution in [2.75, 3.05) is 11.9 Å². The third kappa shape index (κ3) is 6.52. The maximum atomic E-state index is 12.3. The summed E-state index contributed by atoms with van der Waals surface area (Å²) in [4.78, 5) is 31.8. The van der Waals surface area contributed by atoms with Crippen molar-refractivity contribution in [3.63, 3.8) is 0 Å². The van der Waals surface area contributed by atoms with Crippen LogP contribution in [-0.2, 0) is 4.74 Å². The predicted molar refractivity (Wildman–Crippen MR) is 128 cm³/mol. The van der Waals surface area contributed by atoms with E-state index in [-0.39, 0.29) is 18.4 Å². The lowest BCUT2D eigenvalue weighted by atomic mass is 9.95. The molecule has 0 unspecified atom stereocenters. The molecule has 1 atom stereocenters. The van der Waals surface area contributed by atoms with Crippen LogP contribution in [0, 0.1) is 17.2 Å². The van der Waals surface area contributed by atoms with E-state index in [1.165, 1.54) is 11.3 Å². The number of primary amides is 1. The van der Waals surface area contributed by atoms with Crippen LogP contribution in [0.2, 0.25) is 0 Å². The first-order valence-corrected chi connectivity index (χ1v) is 11.4. The highest BCUT2D eigenvalue weighted by Gasteiger charge is 2.30. The minimum atomic E-state index is -0.930. The van der Waals surface area contributed by atoms with Gasteiger partial charge in [0.15, 0.2) is 5.01 Å². The predicted octanol–water partition coefficient (Wildman–Crippen LogP) is 4.61. The van der Waals surface area contributed by atoms with Crippen molar-refractivity contribution in [1.82, 2.24) is 9.97 Å². The third-order valence-corrected chi connectivity index (χ3v) is 5.55. The summed E-state index contributed by atoms with van der Waals surface area (Å²) in [5.74, 6) is 0.622. The molecule has 2 amide bonds. The van der Waals surface area contributed by atoms with Crippen molar-refractivity contribution in [2.24, 2.45) is 11.7 Å². The Morgan fingerprint density at radius 1 is 1.21 bits per heavy atom. The number of anilines is 1. The van der Waals surface area contributed by atoms with Gasteiger partial charge in [0.25, 0.3) is 5.91 Å². The normalized spacial score (nSPS) is 12.4. The summed E-state index contributed by atoms with van der Waals surface area (Å²) in [6.07, 6.45) is 2.80. The van der Waals surface area contributed by atoms with Crippen LogP contribution in [0.5, 0.6) is 5.75 Å². The van der Waals surface area contributed by atoms with Crippen molar-refractivity contribution in [1.29, 1.82) is 5.26 Å². The van der Waals surface area contributed by atoms with E-state index < -0.39 is 11.7 Å². The van der Waals surface area contributed by atoms with Gasteiger partial charge in [-0.2, -0.15) is 5.26 Å². The van der Waals surface area contributed by atoms with E-state index in [0.717, 1.165) is 11.1 Å². The second-order valence-corrected chi connectivity index (χ2v) is 9.20. The molecular formula is C24H25N5O4S. The number of thiazole rings is 1. The zero-order chi connectivity index (χ0) is 24.7. The molecule has 0 spiro atoms. The summed E-state index contributed by atoms with van der Waals surface area (Å²) in [5.41, 5.74) is 6.12. The molecule has 0 fully saturated rings. The zero-order valence-corrected chi connectivity index (χ0v) is 19.9. The standard InChI is InChI=1S/C24H25N5O4S/c1-15(2)12-24(3,33-23(26)31)14-32-19-5-4-16(10-18(19)13-25)17-6-7-27-20(11-17)29-21(30)22-28-8-9-34-22/h4-11,15H,12,14H2,1-3H3,(H2,26,31)(H,27,29,30)/t24-/m0/s1. The summed E-state index contributed by atoms with van der Waals surface area (Å²) in [5, 5.41) is 14.5. The molecule has 10 heteroatoms. The third-order valence-electron chi connectivity index (χ3n) is 4.78. The first-order chi connectivity index (χ1) is 16.2. The van der Waals surface area contributed by atoms with Crippen molar-refractivity contribution in [3.05, 3.63) is 58.7 Å². The van der Waals surface area contributed by atoms with E-state index in [0.29, 0.717) is 28.6 Å². The number of nitriles is 1. The maximum absolute atomic E-state index is 12.3. The number of hydrogen-bond acceptors (Lipinski definition) is 8. The van der Waals surface area contributed by atoms with Crippen LogP contribution in [0.15, 0.2) is 48.1 Å². The Morgan fingerprint density at radius 3 is 2.62 bits per heavy atom. The van der Waals surface area contributed by atoms with Crippen LogP contribution >= 0.6 is 11.3 Å². The van der Waals surface area contributed by atoms with Gasteiger partial charge in [0, 0.05) is 17.8 Å². The fraction of sp³-hybridized carbons (Fsp3) is 0.292. The van der Waals surface area contributed by atoms with E-state index in [9.17, 15) is 14.9 Å². The summed E-state index contributed by atoms with van der Waals surface area (Å²) in [7, 11) is 0. The van der Waals surface area contributed by atoms with Crippen molar-refractivity contribution in [2.45, 2.75) is 32.8 Å². The zero-order valence-electron chi connectivity index (χ0n) is 19.1. The van der Waals surface area contributed by atoms with Crippen LogP contribution in [0.25, 0.3) is 11.1 Å². The number of nitrogens with one attached hydrogen (secondary N) is 1. The average molecular weight is 480 g/mol. The Balaban J connectivity index is 1.78. The lowest BCUT2D eigenvalue weighted by Crippen LogP contribution is -2.41. The fourth-order valence-corrected chi connectivity index (χ4v) is 4.10. The Kier molecular flexibility index (Phi) is 7.81. The summed E-state index contributed by atoms with van der Waals surface area (Å²) < 4.78 is 11.2. The maximum Gasteiger partial charge on any atom is 0.405 e. The SMILES string of the molecule is CC(C)C[C@@](C)(COc1ccc(-c2ccnc(NC(=O)c3nccs3)c2)cc1C#N)OC(N)=O. The van der Waals surface area contributed by atoms with Crippen LogP contribution in [0.4, 0.5) is 10.6 Å². The Morgan fingerprint density at radius 2 is 1.97 bits per heavy atom. The molecule has 9 nitrogen and oxygen atoms in total. The van der Waals surface area contributed by atoms with Gasteiger partial charge in [0.1, 0.15) is 29.8 Å². The number of carbonyl (C=O) groups is 2. The number of nitrogens with two attached hydrogens (primary N) is 1. The fourth-order valence-electron chi connectivity index (χ4n) is 3.57. The van der Waals surface area contributed by atoms with Crippen LogP contribution in [-0.4, -0.2) is 34.2 Å². The molecule has 3 rings (SSSR count). The molecule has 0 bridgehead atoms. The van der Waals surface area contributed by atoms with Crippen LogP contribution in [0.3, 0.4) is 0 Å². The van der Waals surface area contributed by atoms with E-state index in [1.807, 2.05) is 13.8 Å². The van der Waals surface area contributed by atoms with Crippen LogP contribution < -0.4 is 15.8 Å². The van der Waals surface area contributed by atoms with Crippen molar-refractivity contribution >= 4 is 29.2 Å². The highest BCUT2D eigenvalue weighted by atomic mass is 32.1. The average Bonchev–Trinajstić information content (AvgIpc) is 3.32. The second-order valence-electron chi connectivity index (χ2n) is 8.30. The monoisotopic (exact) mass is 479 g/mol. The molecule has 2 aromatic heterocycles. The smallest absolute Gasteiger partial charge is 0.405 e. The molecule has 0 saturated heterocycles. The molecule has 0 saturated carbocycles. The molecule has 2 heterocycles. The number of ether oxygens (including phenoxy) is 2. The molecule has 3 N–H and O–H groups in total. The van der Waals surface area contributed by atoms with Gasteiger partial charge >= 0.3 is 6.09 Å². The number of nitrogens with zero attached hydrogens (tertiary/aromatic N) is 3. The van der Waals surface area contributed by atoms with Gasteiger partial charge < -0.3 is 20.5 Å². The van der Waals surface area contributed by atoms with Crippen molar-refractivity contribution < 1.29 is 19.1 Å². The van der Waals surface area contributed by atoms with E-state index in [1.54, 1.807) is 55.0 Å². The molecule has 3 aromatic rings. The molecule has 0 aliphatic rings. The number of rotatable bonds is 9. The number of hydrogen-bond donors (Lipinski definition) is 2. The molecule has 176 valence electrons. The topological polar surface area (TPSA) is 140 Å². The minimum Gasteiger partial charge on any atom is -0.488 e. The molecule has 0 aliphatic carbocycles. The Labute approximate surface area is 201 Å². The molecular weight excluding hydrogens is 454 g/mol. The van der Waals surface area contributed by atoms with Gasteiger partial charge in [-0.15, -0.1) is 11.3 Å². The Bertz CT molecular complexity index is 1210. The first-order valence-electron chi connectivity index (χ1n) is 10.5. The first kappa shape index (κ1) is 24.7.